The number of alkyl halides is 6. The molecule has 2 aromatic rings. The molecule has 1 fully saturated rings. The Hall–Kier alpha value is -3.57. The number of nitrogens with zero attached hydrogens (tertiary/aromatic N) is 2. The van der Waals surface area contributed by atoms with Gasteiger partial charge in [-0.05, 0) is 54.8 Å². The fourth-order valence-electron chi connectivity index (χ4n) is 3.84. The minimum absolute atomic E-state index is 0.277. The van der Waals surface area contributed by atoms with Gasteiger partial charge < -0.3 is 5.32 Å². The predicted molar refractivity (Wildman–Crippen MR) is 105 cm³/mol. The monoisotopic (exact) mass is 466 g/mol. The second kappa shape index (κ2) is 8.75. The van der Waals surface area contributed by atoms with Gasteiger partial charge in [0.15, 0.2) is 0 Å². The molecule has 0 saturated carbocycles. The Balaban J connectivity index is 1.91. The number of nitriles is 2. The molecular weight excluding hydrogens is 450 g/mol. The van der Waals surface area contributed by atoms with Gasteiger partial charge in [-0.3, -0.25) is 10.1 Å². The lowest BCUT2D eigenvalue weighted by molar-refractivity contribution is -0.156. The van der Waals surface area contributed by atoms with Crippen molar-refractivity contribution in [1.29, 1.82) is 10.5 Å². The normalized spacial score (nSPS) is 20.7. The van der Waals surface area contributed by atoms with E-state index in [1.807, 2.05) is 6.07 Å². The molecule has 1 aliphatic heterocycles. The lowest BCUT2D eigenvalue weighted by atomic mass is 9.88. The minimum atomic E-state index is -4.93. The Bertz CT molecular complexity index is 1160. The third-order valence-electron chi connectivity index (χ3n) is 5.45. The van der Waals surface area contributed by atoms with Gasteiger partial charge in [-0.15, -0.1) is 0 Å². The standard InChI is InChI=1S/C22H16F6N4O/c1-11-6-12(9-29)2-5-17(11)32-20(33)18-8-15(19(31-18)22(26,27)28)13-3-4-14(10-30)16(7-13)21(23,24)25/h2-7,15,18-19,31H,8H2,1H3,(H,32,33). The van der Waals surface area contributed by atoms with Crippen LogP contribution >= 0.6 is 0 Å². The molecule has 0 spiro atoms. The predicted octanol–water partition coefficient (Wildman–Crippen LogP) is 4.77. The Labute approximate surface area is 184 Å². The van der Waals surface area contributed by atoms with Gasteiger partial charge in [0.25, 0.3) is 0 Å². The highest BCUT2D eigenvalue weighted by atomic mass is 19.4. The van der Waals surface area contributed by atoms with E-state index in [0.717, 1.165) is 12.1 Å². The van der Waals surface area contributed by atoms with Crippen LogP contribution in [0.2, 0.25) is 0 Å². The zero-order chi connectivity index (χ0) is 24.6. The molecular formula is C22H16F6N4O. The van der Waals surface area contributed by atoms with Crippen molar-refractivity contribution >= 4 is 11.6 Å². The summed E-state index contributed by atoms with van der Waals surface area (Å²) in [4.78, 5) is 12.7. The van der Waals surface area contributed by atoms with E-state index in [-0.39, 0.29) is 5.56 Å². The van der Waals surface area contributed by atoms with Crippen LogP contribution in [0.15, 0.2) is 36.4 Å². The SMILES string of the molecule is Cc1cc(C#N)ccc1NC(=O)C1CC(c2ccc(C#N)c(C(F)(F)F)c2)C(C(F)(F)F)N1. The van der Waals surface area contributed by atoms with E-state index in [2.05, 4.69) is 10.6 Å². The number of hydrogen-bond donors (Lipinski definition) is 2. The van der Waals surface area contributed by atoms with Gasteiger partial charge in [-0.1, -0.05) is 6.07 Å². The van der Waals surface area contributed by atoms with Crippen LogP contribution in [0, 0.1) is 29.6 Å². The van der Waals surface area contributed by atoms with Gasteiger partial charge in [0, 0.05) is 11.6 Å². The quantitative estimate of drug-likeness (QED) is 0.638. The molecule has 0 radical (unpaired) electrons. The molecule has 33 heavy (non-hydrogen) atoms. The lowest BCUT2D eigenvalue weighted by Gasteiger charge is -2.23. The summed E-state index contributed by atoms with van der Waals surface area (Å²) in [5.41, 5.74) is -1.16. The van der Waals surface area contributed by atoms with Crippen LogP contribution in [0.4, 0.5) is 32.0 Å². The van der Waals surface area contributed by atoms with E-state index in [1.54, 1.807) is 6.92 Å². The van der Waals surface area contributed by atoms with Crippen molar-refractivity contribution in [2.75, 3.05) is 5.32 Å². The summed E-state index contributed by atoms with van der Waals surface area (Å²) in [6.07, 6.45) is -10.2. The fraction of sp³-hybridized carbons (Fsp3) is 0.318. The van der Waals surface area contributed by atoms with Crippen LogP contribution in [0.3, 0.4) is 0 Å². The Morgan fingerprint density at radius 3 is 2.30 bits per heavy atom. The van der Waals surface area contributed by atoms with Crippen LogP contribution in [-0.4, -0.2) is 24.2 Å². The lowest BCUT2D eigenvalue weighted by Crippen LogP contribution is -2.46. The van der Waals surface area contributed by atoms with Crippen LogP contribution in [-0.2, 0) is 11.0 Å². The van der Waals surface area contributed by atoms with Crippen LogP contribution in [0.25, 0.3) is 0 Å². The highest BCUT2D eigenvalue weighted by molar-refractivity contribution is 5.96. The van der Waals surface area contributed by atoms with E-state index in [1.165, 1.54) is 24.3 Å². The summed E-state index contributed by atoms with van der Waals surface area (Å²) in [7, 11) is 0. The maximum atomic E-state index is 13.7. The molecule has 1 aliphatic rings. The molecule has 11 heteroatoms. The summed E-state index contributed by atoms with van der Waals surface area (Å²) in [5.74, 6) is -2.26. The molecule has 2 aromatic carbocycles. The molecule has 3 atom stereocenters. The van der Waals surface area contributed by atoms with E-state index >= 15 is 0 Å². The number of nitrogens with one attached hydrogen (secondary N) is 2. The maximum Gasteiger partial charge on any atom is 0.417 e. The van der Waals surface area contributed by atoms with Crippen LogP contribution in [0.5, 0.6) is 0 Å². The van der Waals surface area contributed by atoms with Crippen LogP contribution < -0.4 is 10.6 Å². The highest BCUT2D eigenvalue weighted by Crippen LogP contribution is 2.42. The van der Waals surface area contributed by atoms with Crippen molar-refractivity contribution < 1.29 is 31.1 Å². The summed E-state index contributed by atoms with van der Waals surface area (Å²) in [5, 5.41) is 22.5. The zero-order valence-electron chi connectivity index (χ0n) is 17.0. The molecule has 1 heterocycles. The molecule has 172 valence electrons. The van der Waals surface area contributed by atoms with Gasteiger partial charge in [0.05, 0.1) is 34.9 Å². The highest BCUT2D eigenvalue weighted by Gasteiger charge is 2.52. The van der Waals surface area contributed by atoms with Gasteiger partial charge >= 0.3 is 12.4 Å². The summed E-state index contributed by atoms with van der Waals surface area (Å²) in [6.45, 7) is 1.61. The molecule has 3 unspecified atom stereocenters. The van der Waals surface area contributed by atoms with Crippen LogP contribution in [0.1, 0.15) is 40.2 Å². The number of benzene rings is 2. The number of amides is 1. The summed E-state index contributed by atoms with van der Waals surface area (Å²) >= 11 is 0. The van der Waals surface area contributed by atoms with Gasteiger partial charge in [-0.25, -0.2) is 0 Å². The van der Waals surface area contributed by atoms with Gasteiger partial charge in [-0.2, -0.15) is 36.9 Å². The second-order valence-corrected chi connectivity index (χ2v) is 7.63. The third kappa shape index (κ3) is 5.10. The summed E-state index contributed by atoms with van der Waals surface area (Å²) in [6, 6.07) is 6.50. The Morgan fingerprint density at radius 2 is 1.76 bits per heavy atom. The van der Waals surface area contributed by atoms with Crippen molar-refractivity contribution in [2.45, 2.75) is 43.7 Å². The van der Waals surface area contributed by atoms with E-state index < -0.39 is 53.8 Å². The number of carbonyl (C=O) groups is 1. The first-order valence-electron chi connectivity index (χ1n) is 9.60. The number of carbonyl (C=O) groups excluding carboxylic acids is 1. The Morgan fingerprint density at radius 1 is 1.06 bits per heavy atom. The first-order valence-corrected chi connectivity index (χ1v) is 9.60. The van der Waals surface area contributed by atoms with E-state index in [0.29, 0.717) is 22.9 Å². The molecule has 2 N–H and O–H groups in total. The fourth-order valence-corrected chi connectivity index (χ4v) is 3.84. The number of aryl methyl sites for hydroxylation is 1. The average Bonchev–Trinajstić information content (AvgIpc) is 3.20. The second-order valence-electron chi connectivity index (χ2n) is 7.63. The number of anilines is 1. The molecule has 1 saturated heterocycles. The van der Waals surface area contributed by atoms with Gasteiger partial charge in [0.2, 0.25) is 5.91 Å². The van der Waals surface area contributed by atoms with Crippen molar-refractivity contribution in [1.82, 2.24) is 5.32 Å². The number of rotatable bonds is 3. The first-order chi connectivity index (χ1) is 15.3. The van der Waals surface area contributed by atoms with Gasteiger partial charge in [0.1, 0.15) is 6.04 Å². The molecule has 0 aliphatic carbocycles. The summed E-state index contributed by atoms with van der Waals surface area (Å²) < 4.78 is 81.0. The largest absolute Gasteiger partial charge is 0.417 e. The maximum absolute atomic E-state index is 13.7. The average molecular weight is 466 g/mol. The van der Waals surface area contributed by atoms with E-state index in [4.69, 9.17) is 10.5 Å². The van der Waals surface area contributed by atoms with E-state index in [9.17, 15) is 31.1 Å². The number of halogens is 6. The minimum Gasteiger partial charge on any atom is -0.324 e. The van der Waals surface area contributed by atoms with Crippen molar-refractivity contribution in [3.8, 4) is 12.1 Å². The Kier molecular flexibility index (Phi) is 6.39. The van der Waals surface area contributed by atoms with Crippen molar-refractivity contribution in [3.63, 3.8) is 0 Å². The first kappa shape index (κ1) is 24.1. The molecule has 1 amide bonds. The third-order valence-corrected chi connectivity index (χ3v) is 5.45. The topological polar surface area (TPSA) is 88.7 Å². The smallest absolute Gasteiger partial charge is 0.324 e. The number of hydrogen-bond acceptors (Lipinski definition) is 4. The molecule has 0 aromatic heterocycles. The molecule has 0 bridgehead atoms. The molecule has 3 rings (SSSR count). The van der Waals surface area contributed by atoms with Crippen molar-refractivity contribution in [3.05, 3.63) is 64.2 Å². The van der Waals surface area contributed by atoms with Crippen molar-refractivity contribution in [2.24, 2.45) is 0 Å². The molecule has 5 nitrogen and oxygen atoms in total. The zero-order valence-corrected chi connectivity index (χ0v) is 17.0.